The Morgan fingerprint density at radius 1 is 1.04 bits per heavy atom. The molecule has 5 heteroatoms. The van der Waals surface area contributed by atoms with E-state index in [2.05, 4.69) is 5.32 Å². The molecule has 1 heterocycles. The standard InChI is InChI=1S/C19H19FN2O2/c1-19(15-9-11-16(20)12-10-15)17(23)22(18(24)21-19)13-5-8-14-6-3-2-4-7-14/h2-4,6-7,9-12H,5,8,13H2,1H3,(H,21,24). The van der Waals surface area contributed by atoms with Gasteiger partial charge in [-0.3, -0.25) is 9.69 Å². The number of rotatable bonds is 5. The van der Waals surface area contributed by atoms with Crippen LogP contribution in [0.15, 0.2) is 54.6 Å². The van der Waals surface area contributed by atoms with Gasteiger partial charge in [-0.25, -0.2) is 9.18 Å². The van der Waals surface area contributed by atoms with Crippen molar-refractivity contribution in [1.82, 2.24) is 10.2 Å². The smallest absolute Gasteiger partial charge is 0.319 e. The molecule has 124 valence electrons. The van der Waals surface area contributed by atoms with Crippen molar-refractivity contribution in [3.05, 3.63) is 71.5 Å². The Morgan fingerprint density at radius 3 is 2.38 bits per heavy atom. The Labute approximate surface area is 140 Å². The van der Waals surface area contributed by atoms with Gasteiger partial charge in [-0.2, -0.15) is 0 Å². The Kier molecular flexibility index (Phi) is 4.34. The van der Waals surface area contributed by atoms with Crippen molar-refractivity contribution < 1.29 is 14.0 Å². The second kappa shape index (κ2) is 6.43. The van der Waals surface area contributed by atoms with E-state index in [0.29, 0.717) is 18.5 Å². The quantitative estimate of drug-likeness (QED) is 0.858. The number of carbonyl (C=O) groups is 2. The molecule has 3 rings (SSSR count). The molecular formula is C19H19FN2O2. The lowest BCUT2D eigenvalue weighted by Gasteiger charge is -2.22. The maximum absolute atomic E-state index is 13.1. The molecule has 4 nitrogen and oxygen atoms in total. The van der Waals surface area contributed by atoms with Crippen LogP contribution >= 0.6 is 0 Å². The number of urea groups is 1. The summed E-state index contributed by atoms with van der Waals surface area (Å²) in [6.45, 7) is 2.01. The monoisotopic (exact) mass is 326 g/mol. The number of aryl methyl sites for hydroxylation is 1. The number of amides is 3. The number of nitrogens with zero attached hydrogens (tertiary/aromatic N) is 1. The van der Waals surface area contributed by atoms with Gasteiger partial charge in [0.1, 0.15) is 11.4 Å². The normalized spacial score (nSPS) is 20.3. The van der Waals surface area contributed by atoms with Crippen molar-refractivity contribution in [3.63, 3.8) is 0 Å². The number of halogens is 1. The summed E-state index contributed by atoms with van der Waals surface area (Å²) in [5, 5.41) is 2.73. The van der Waals surface area contributed by atoms with Gasteiger partial charge in [-0.15, -0.1) is 0 Å². The highest BCUT2D eigenvalue weighted by Gasteiger charge is 2.48. The lowest BCUT2D eigenvalue weighted by molar-refractivity contribution is -0.131. The van der Waals surface area contributed by atoms with Crippen molar-refractivity contribution in [3.8, 4) is 0 Å². The van der Waals surface area contributed by atoms with E-state index in [4.69, 9.17) is 0 Å². The summed E-state index contributed by atoms with van der Waals surface area (Å²) in [7, 11) is 0. The third-order valence-electron chi connectivity index (χ3n) is 4.39. The molecule has 0 saturated carbocycles. The predicted octanol–water partition coefficient (Wildman–Crippen LogP) is 3.23. The highest BCUT2D eigenvalue weighted by Crippen LogP contribution is 2.29. The molecule has 3 amide bonds. The molecule has 0 spiro atoms. The second-order valence-electron chi connectivity index (χ2n) is 6.11. The van der Waals surface area contributed by atoms with E-state index in [1.807, 2.05) is 30.3 Å². The largest absolute Gasteiger partial charge is 0.325 e. The van der Waals surface area contributed by atoms with Gasteiger partial charge in [-0.1, -0.05) is 42.5 Å². The fourth-order valence-electron chi connectivity index (χ4n) is 2.96. The highest BCUT2D eigenvalue weighted by molar-refractivity contribution is 6.07. The second-order valence-corrected chi connectivity index (χ2v) is 6.11. The van der Waals surface area contributed by atoms with Gasteiger partial charge in [0.2, 0.25) is 0 Å². The van der Waals surface area contributed by atoms with Crippen LogP contribution in [0, 0.1) is 5.82 Å². The summed E-state index contributed by atoms with van der Waals surface area (Å²) < 4.78 is 13.1. The molecule has 1 saturated heterocycles. The first-order valence-electron chi connectivity index (χ1n) is 7.95. The number of hydrogen-bond donors (Lipinski definition) is 1. The number of imide groups is 1. The lowest BCUT2D eigenvalue weighted by Crippen LogP contribution is -2.41. The molecule has 1 atom stereocenters. The van der Waals surface area contributed by atoms with Gasteiger partial charge in [0.05, 0.1) is 0 Å². The molecule has 2 aromatic rings. The van der Waals surface area contributed by atoms with E-state index in [0.717, 1.165) is 6.42 Å². The summed E-state index contributed by atoms with van der Waals surface area (Å²) >= 11 is 0. The molecule has 1 N–H and O–H groups in total. The molecule has 1 unspecified atom stereocenters. The SMILES string of the molecule is CC1(c2ccc(F)cc2)NC(=O)N(CCCc2ccccc2)C1=O. The van der Waals surface area contributed by atoms with E-state index < -0.39 is 11.6 Å². The molecule has 0 radical (unpaired) electrons. The van der Waals surface area contributed by atoms with Crippen LogP contribution in [0.5, 0.6) is 0 Å². The van der Waals surface area contributed by atoms with Crippen molar-refractivity contribution >= 4 is 11.9 Å². The Bertz CT molecular complexity index is 746. The first-order valence-corrected chi connectivity index (χ1v) is 7.95. The predicted molar refractivity (Wildman–Crippen MR) is 88.8 cm³/mol. The minimum atomic E-state index is -1.14. The number of nitrogens with one attached hydrogen (secondary N) is 1. The summed E-state index contributed by atoms with van der Waals surface area (Å²) in [4.78, 5) is 26.2. The fraction of sp³-hybridized carbons (Fsp3) is 0.263. The summed E-state index contributed by atoms with van der Waals surface area (Å²) in [5.41, 5.74) is 0.607. The van der Waals surface area contributed by atoms with Crippen LogP contribution < -0.4 is 5.32 Å². The van der Waals surface area contributed by atoms with Gasteiger partial charge >= 0.3 is 6.03 Å². The van der Waals surface area contributed by atoms with Gasteiger partial charge in [0.25, 0.3) is 5.91 Å². The molecule has 0 bridgehead atoms. The Morgan fingerprint density at radius 2 is 1.71 bits per heavy atom. The molecule has 1 aliphatic rings. The fourth-order valence-corrected chi connectivity index (χ4v) is 2.96. The minimum absolute atomic E-state index is 0.299. The lowest BCUT2D eigenvalue weighted by atomic mass is 9.92. The van der Waals surface area contributed by atoms with E-state index in [-0.39, 0.29) is 11.7 Å². The molecule has 0 aliphatic carbocycles. The average Bonchev–Trinajstić information content (AvgIpc) is 2.80. The third-order valence-corrected chi connectivity index (χ3v) is 4.39. The molecule has 1 aliphatic heterocycles. The van der Waals surface area contributed by atoms with E-state index in [9.17, 15) is 14.0 Å². The molecular weight excluding hydrogens is 307 g/mol. The van der Waals surface area contributed by atoms with Crippen molar-refractivity contribution in [2.75, 3.05) is 6.54 Å². The van der Waals surface area contributed by atoms with Gasteiger partial charge in [0, 0.05) is 6.54 Å². The Balaban J connectivity index is 1.68. The van der Waals surface area contributed by atoms with Crippen molar-refractivity contribution in [1.29, 1.82) is 0 Å². The van der Waals surface area contributed by atoms with Gasteiger partial charge in [-0.05, 0) is 43.0 Å². The Hall–Kier alpha value is -2.69. The molecule has 24 heavy (non-hydrogen) atoms. The van der Waals surface area contributed by atoms with E-state index in [1.54, 1.807) is 6.92 Å². The van der Waals surface area contributed by atoms with Crippen molar-refractivity contribution in [2.45, 2.75) is 25.3 Å². The van der Waals surface area contributed by atoms with Crippen LogP contribution in [-0.2, 0) is 16.8 Å². The van der Waals surface area contributed by atoms with E-state index in [1.165, 1.54) is 34.7 Å². The zero-order chi connectivity index (χ0) is 17.2. The number of benzene rings is 2. The summed E-state index contributed by atoms with van der Waals surface area (Å²) in [5.74, 6) is -0.675. The van der Waals surface area contributed by atoms with Crippen LogP contribution in [-0.4, -0.2) is 23.4 Å². The third kappa shape index (κ3) is 3.02. The highest BCUT2D eigenvalue weighted by atomic mass is 19.1. The maximum atomic E-state index is 13.1. The molecule has 1 fully saturated rings. The molecule has 0 aromatic heterocycles. The molecule has 2 aromatic carbocycles. The van der Waals surface area contributed by atoms with Crippen LogP contribution in [0.1, 0.15) is 24.5 Å². The first kappa shape index (κ1) is 16.2. The van der Waals surface area contributed by atoms with Crippen molar-refractivity contribution in [2.24, 2.45) is 0 Å². The minimum Gasteiger partial charge on any atom is -0.319 e. The first-order chi connectivity index (χ1) is 11.5. The number of hydrogen-bond acceptors (Lipinski definition) is 2. The van der Waals surface area contributed by atoms with E-state index >= 15 is 0 Å². The number of carbonyl (C=O) groups excluding carboxylic acids is 2. The van der Waals surface area contributed by atoms with Crippen LogP contribution in [0.4, 0.5) is 9.18 Å². The zero-order valence-corrected chi connectivity index (χ0v) is 13.5. The van der Waals surface area contributed by atoms with Gasteiger partial charge < -0.3 is 5.32 Å². The summed E-state index contributed by atoms with van der Waals surface area (Å²) in [6, 6.07) is 15.2. The zero-order valence-electron chi connectivity index (χ0n) is 13.5. The van der Waals surface area contributed by atoms with Crippen LogP contribution in [0.3, 0.4) is 0 Å². The summed E-state index contributed by atoms with van der Waals surface area (Å²) in [6.07, 6.45) is 1.49. The van der Waals surface area contributed by atoms with Gasteiger partial charge in [0.15, 0.2) is 0 Å². The van der Waals surface area contributed by atoms with Crippen LogP contribution in [0.25, 0.3) is 0 Å². The van der Waals surface area contributed by atoms with Crippen LogP contribution in [0.2, 0.25) is 0 Å². The maximum Gasteiger partial charge on any atom is 0.325 e. The average molecular weight is 326 g/mol. The topological polar surface area (TPSA) is 49.4 Å².